The Balaban J connectivity index is 1.26. The molecule has 3 aromatic rings. The maximum absolute atomic E-state index is 12.4. The van der Waals surface area contributed by atoms with Gasteiger partial charge in [-0.1, -0.05) is 54.6 Å². The van der Waals surface area contributed by atoms with E-state index < -0.39 is 0 Å². The van der Waals surface area contributed by atoms with E-state index in [9.17, 15) is 9.59 Å². The molecule has 0 bridgehead atoms. The molecule has 0 spiro atoms. The lowest BCUT2D eigenvalue weighted by molar-refractivity contribution is 0.0904. The third-order valence-electron chi connectivity index (χ3n) is 5.93. The van der Waals surface area contributed by atoms with Gasteiger partial charge >= 0.3 is 0 Å². The van der Waals surface area contributed by atoms with Crippen molar-refractivity contribution in [1.29, 1.82) is 0 Å². The Morgan fingerprint density at radius 2 is 1.48 bits per heavy atom. The molecule has 1 saturated heterocycles. The van der Waals surface area contributed by atoms with Crippen molar-refractivity contribution in [2.24, 2.45) is 0 Å². The van der Waals surface area contributed by atoms with Crippen LogP contribution in [0.3, 0.4) is 0 Å². The van der Waals surface area contributed by atoms with Gasteiger partial charge in [0.25, 0.3) is 5.91 Å². The molecule has 6 nitrogen and oxygen atoms in total. The molecular formula is C27H29N3O3. The van der Waals surface area contributed by atoms with Crippen LogP contribution in [0.15, 0.2) is 78.9 Å². The highest BCUT2D eigenvalue weighted by Crippen LogP contribution is 2.28. The van der Waals surface area contributed by atoms with Gasteiger partial charge in [0, 0.05) is 43.9 Å². The average Bonchev–Trinajstić information content (AvgIpc) is 2.88. The highest BCUT2D eigenvalue weighted by Gasteiger charge is 2.19. The van der Waals surface area contributed by atoms with E-state index >= 15 is 0 Å². The third-order valence-corrected chi connectivity index (χ3v) is 5.93. The second-order valence-electron chi connectivity index (χ2n) is 8.10. The number of amides is 1. The van der Waals surface area contributed by atoms with E-state index in [1.807, 2.05) is 60.7 Å². The molecule has 4 rings (SSSR count). The Hall–Kier alpha value is -3.64. The fourth-order valence-corrected chi connectivity index (χ4v) is 4.05. The lowest BCUT2D eigenvalue weighted by Crippen LogP contribution is -2.46. The van der Waals surface area contributed by atoms with Gasteiger partial charge in [0.2, 0.25) is 0 Å². The highest BCUT2D eigenvalue weighted by molar-refractivity contribution is 6.02. The first-order chi connectivity index (χ1) is 16.1. The van der Waals surface area contributed by atoms with Crippen molar-refractivity contribution in [1.82, 2.24) is 10.2 Å². The molecule has 0 atom stereocenters. The summed E-state index contributed by atoms with van der Waals surface area (Å²) in [5, 5.41) is 2.71. The van der Waals surface area contributed by atoms with E-state index in [1.54, 1.807) is 19.2 Å². The first-order valence-electron chi connectivity index (χ1n) is 11.2. The zero-order chi connectivity index (χ0) is 23.0. The molecule has 33 heavy (non-hydrogen) atoms. The normalized spacial score (nSPS) is 14.0. The number of ether oxygens (including phenoxy) is 1. The molecule has 0 aromatic heterocycles. The molecule has 170 valence electrons. The molecule has 0 aliphatic carbocycles. The number of piperazine rings is 1. The van der Waals surface area contributed by atoms with Crippen molar-refractivity contribution < 1.29 is 14.3 Å². The van der Waals surface area contributed by atoms with Gasteiger partial charge in [0.1, 0.15) is 5.75 Å². The van der Waals surface area contributed by atoms with E-state index in [2.05, 4.69) is 21.2 Å². The van der Waals surface area contributed by atoms with Crippen LogP contribution >= 0.6 is 0 Å². The van der Waals surface area contributed by atoms with E-state index in [0.29, 0.717) is 11.1 Å². The molecule has 0 radical (unpaired) electrons. The molecular weight excluding hydrogens is 414 g/mol. The first-order valence-corrected chi connectivity index (χ1v) is 11.2. The Bertz CT molecular complexity index is 1080. The monoisotopic (exact) mass is 443 g/mol. The van der Waals surface area contributed by atoms with Crippen molar-refractivity contribution in [3.05, 3.63) is 95.6 Å². The maximum atomic E-state index is 12.4. The minimum absolute atomic E-state index is 0.0128. The van der Waals surface area contributed by atoms with Crippen molar-refractivity contribution in [2.75, 3.05) is 44.7 Å². The van der Waals surface area contributed by atoms with Crippen LogP contribution in [0.2, 0.25) is 0 Å². The zero-order valence-electron chi connectivity index (χ0n) is 18.9. The number of hydrogen-bond donors (Lipinski definition) is 1. The number of methoxy groups -OCH3 is 1. The fraction of sp³-hybridized carbons (Fsp3) is 0.259. The largest absolute Gasteiger partial charge is 0.495 e. The summed E-state index contributed by atoms with van der Waals surface area (Å²) < 4.78 is 5.50. The second-order valence-corrected chi connectivity index (χ2v) is 8.10. The van der Waals surface area contributed by atoms with Crippen LogP contribution in [-0.4, -0.2) is 56.4 Å². The summed E-state index contributed by atoms with van der Waals surface area (Å²) in [4.78, 5) is 29.4. The van der Waals surface area contributed by atoms with Gasteiger partial charge in [0.05, 0.1) is 19.3 Å². The number of hydrogen-bond acceptors (Lipinski definition) is 5. The third kappa shape index (κ3) is 5.79. The van der Waals surface area contributed by atoms with Crippen LogP contribution < -0.4 is 15.0 Å². The quantitative estimate of drug-likeness (QED) is 0.539. The summed E-state index contributed by atoms with van der Waals surface area (Å²) in [7, 11) is 1.71. The Kier molecular flexibility index (Phi) is 7.37. The molecule has 0 unspecified atom stereocenters. The number of anilines is 1. The molecule has 1 amide bonds. The molecule has 6 heteroatoms. The summed E-state index contributed by atoms with van der Waals surface area (Å²) >= 11 is 0. The topological polar surface area (TPSA) is 61.9 Å². The van der Waals surface area contributed by atoms with Gasteiger partial charge in [-0.25, -0.2) is 0 Å². The van der Waals surface area contributed by atoms with Crippen LogP contribution in [0.4, 0.5) is 5.69 Å². The van der Waals surface area contributed by atoms with Crippen molar-refractivity contribution in [3.63, 3.8) is 0 Å². The van der Waals surface area contributed by atoms with Crippen LogP contribution in [0.1, 0.15) is 26.3 Å². The number of nitrogens with one attached hydrogen (secondary N) is 1. The molecule has 1 heterocycles. The number of carbonyl (C=O) groups is 2. The SMILES string of the molecule is COc1ccccc1N1CCN(Cc2ccc(C(=O)NCC(=O)c3ccccc3)cc2)CC1. The van der Waals surface area contributed by atoms with Gasteiger partial charge in [0.15, 0.2) is 5.78 Å². The smallest absolute Gasteiger partial charge is 0.251 e. The predicted molar refractivity (Wildman–Crippen MR) is 130 cm³/mol. The molecule has 3 aromatic carbocycles. The Morgan fingerprint density at radius 3 is 2.18 bits per heavy atom. The maximum Gasteiger partial charge on any atom is 0.251 e. The van der Waals surface area contributed by atoms with Gasteiger partial charge < -0.3 is 15.0 Å². The number of para-hydroxylation sites is 2. The highest BCUT2D eigenvalue weighted by atomic mass is 16.5. The summed E-state index contributed by atoms with van der Waals surface area (Å²) in [5.41, 5.74) is 3.46. The van der Waals surface area contributed by atoms with Gasteiger partial charge in [-0.3, -0.25) is 14.5 Å². The van der Waals surface area contributed by atoms with E-state index in [-0.39, 0.29) is 18.2 Å². The molecule has 1 aliphatic heterocycles. The van der Waals surface area contributed by atoms with Gasteiger partial charge in [-0.15, -0.1) is 0 Å². The Morgan fingerprint density at radius 1 is 0.818 bits per heavy atom. The van der Waals surface area contributed by atoms with E-state index in [4.69, 9.17) is 4.74 Å². The molecule has 1 aliphatic rings. The van der Waals surface area contributed by atoms with Crippen molar-refractivity contribution >= 4 is 17.4 Å². The van der Waals surface area contributed by atoms with Gasteiger partial charge in [-0.2, -0.15) is 0 Å². The fourth-order valence-electron chi connectivity index (χ4n) is 4.05. The minimum Gasteiger partial charge on any atom is -0.495 e. The number of Topliss-reactive ketones (excluding diaryl/α,β-unsaturated/α-hetero) is 1. The minimum atomic E-state index is -0.240. The lowest BCUT2D eigenvalue weighted by Gasteiger charge is -2.36. The van der Waals surface area contributed by atoms with Crippen molar-refractivity contribution in [3.8, 4) is 5.75 Å². The van der Waals surface area contributed by atoms with Gasteiger partial charge in [-0.05, 0) is 29.8 Å². The number of rotatable bonds is 8. The lowest BCUT2D eigenvalue weighted by atomic mass is 10.1. The van der Waals surface area contributed by atoms with Crippen LogP contribution in [0.25, 0.3) is 0 Å². The number of carbonyl (C=O) groups excluding carboxylic acids is 2. The predicted octanol–water partition coefficient (Wildman–Crippen LogP) is 3.63. The van der Waals surface area contributed by atoms with Crippen LogP contribution in [0.5, 0.6) is 5.75 Å². The number of ketones is 1. The average molecular weight is 444 g/mol. The van der Waals surface area contributed by atoms with Crippen LogP contribution in [0, 0.1) is 0 Å². The number of benzene rings is 3. The van der Waals surface area contributed by atoms with Crippen molar-refractivity contribution in [2.45, 2.75) is 6.54 Å². The molecule has 1 fully saturated rings. The standard InChI is InChI=1S/C27H29N3O3/c1-33-26-10-6-5-9-24(26)30-17-15-29(16-18-30)20-21-11-13-23(14-12-21)27(32)28-19-25(31)22-7-3-2-4-8-22/h2-14H,15-20H2,1H3,(H,28,32). The molecule has 0 saturated carbocycles. The van der Waals surface area contributed by atoms with E-state index in [0.717, 1.165) is 49.7 Å². The van der Waals surface area contributed by atoms with Crippen LogP contribution in [-0.2, 0) is 6.54 Å². The Labute approximate surface area is 194 Å². The summed E-state index contributed by atoms with van der Waals surface area (Å²) in [6.45, 7) is 4.63. The second kappa shape index (κ2) is 10.8. The summed E-state index contributed by atoms with van der Waals surface area (Å²) in [5.74, 6) is 0.564. The van der Waals surface area contributed by atoms with E-state index in [1.165, 1.54) is 0 Å². The first kappa shape index (κ1) is 22.6. The number of nitrogens with zero attached hydrogens (tertiary/aromatic N) is 2. The molecule has 1 N–H and O–H groups in total. The summed E-state index contributed by atoms with van der Waals surface area (Å²) in [6, 6.07) is 24.7. The zero-order valence-corrected chi connectivity index (χ0v) is 18.9. The summed E-state index contributed by atoms with van der Waals surface area (Å²) in [6.07, 6.45) is 0.